The quantitative estimate of drug-likeness (QED) is 0.291. The normalized spacial score (nSPS) is 18.2. The Labute approximate surface area is 229 Å². The number of nitrogens with one attached hydrogen (secondary N) is 2. The number of carbonyl (C=O) groups is 3. The second-order valence-corrected chi connectivity index (χ2v) is 12.2. The van der Waals surface area contributed by atoms with E-state index in [0.29, 0.717) is 10.6 Å². The number of carbonyl (C=O) groups excluding carboxylic acids is 2. The van der Waals surface area contributed by atoms with Crippen LogP contribution < -0.4 is 10.6 Å². The van der Waals surface area contributed by atoms with Gasteiger partial charge in [0.05, 0.1) is 14.6 Å². The number of hydrogen-bond donors (Lipinski definition) is 3. The number of aliphatic carboxylic acids is 1. The summed E-state index contributed by atoms with van der Waals surface area (Å²) >= 11 is 3.21. The van der Waals surface area contributed by atoms with Gasteiger partial charge in [-0.1, -0.05) is 18.2 Å². The number of carboxylic acid groups (broad SMARTS) is 1. The lowest BCUT2D eigenvalue weighted by Gasteiger charge is -2.22. The Kier molecular flexibility index (Phi) is 8.32. The molecule has 4 heterocycles. The molecule has 1 aromatic carbocycles. The highest BCUT2D eigenvalue weighted by molar-refractivity contribution is 7.39. The maximum atomic E-state index is 12.9. The molecule has 3 aromatic rings. The number of amides is 1. The number of Topliss-reactive ketones (excluding diaryl/α,β-unsaturated/α-hetero) is 1. The van der Waals surface area contributed by atoms with Gasteiger partial charge in [0.1, 0.15) is 17.9 Å². The molecule has 1 unspecified atom stereocenters. The van der Waals surface area contributed by atoms with Gasteiger partial charge in [-0.25, -0.2) is 9.79 Å². The molecule has 8 nitrogen and oxygen atoms in total. The van der Waals surface area contributed by atoms with Crippen LogP contribution >= 0.6 is 22.7 Å². The predicted octanol–water partition coefficient (Wildman–Crippen LogP) is 4.90. The Morgan fingerprint density at radius 2 is 1.97 bits per heavy atom. The van der Waals surface area contributed by atoms with Crippen LogP contribution in [0.25, 0.3) is 9.40 Å². The summed E-state index contributed by atoms with van der Waals surface area (Å²) in [5.74, 6) is -1.13. The highest BCUT2D eigenvalue weighted by Crippen LogP contribution is 2.37. The van der Waals surface area contributed by atoms with Crippen LogP contribution in [0.1, 0.15) is 58.3 Å². The van der Waals surface area contributed by atoms with Crippen molar-refractivity contribution in [1.82, 2.24) is 10.6 Å². The van der Waals surface area contributed by atoms with E-state index in [9.17, 15) is 19.5 Å². The molecular weight excluding hydrogens is 522 g/mol. The largest absolute Gasteiger partial charge is 0.480 e. The number of carboxylic acids is 1. The van der Waals surface area contributed by atoms with E-state index in [-0.39, 0.29) is 24.3 Å². The van der Waals surface area contributed by atoms with Gasteiger partial charge in [-0.05, 0) is 69.3 Å². The number of ketones is 1. The second kappa shape index (κ2) is 11.9. The van der Waals surface area contributed by atoms with Crippen molar-refractivity contribution in [1.29, 1.82) is 0 Å². The predicted molar refractivity (Wildman–Crippen MR) is 150 cm³/mol. The summed E-state index contributed by atoms with van der Waals surface area (Å²) in [5, 5.41) is 16.7. The van der Waals surface area contributed by atoms with Crippen molar-refractivity contribution in [2.45, 2.75) is 50.7 Å². The molecule has 5 rings (SSSR count). The van der Waals surface area contributed by atoms with E-state index in [1.165, 1.54) is 42.6 Å². The number of thiophene rings is 2. The topological polar surface area (TPSA) is 117 Å². The fraction of sp³-hybridized carbons (Fsp3) is 0.429. The van der Waals surface area contributed by atoms with Crippen molar-refractivity contribution in [3.63, 3.8) is 0 Å². The first-order chi connectivity index (χ1) is 18.4. The van der Waals surface area contributed by atoms with Crippen molar-refractivity contribution in [3.05, 3.63) is 51.7 Å². The van der Waals surface area contributed by atoms with Crippen molar-refractivity contribution in [2.75, 3.05) is 20.2 Å². The number of methoxy groups -OCH3 is 1. The van der Waals surface area contributed by atoms with Gasteiger partial charge in [0.25, 0.3) is 5.91 Å². The number of rotatable bonds is 11. The van der Waals surface area contributed by atoms with Gasteiger partial charge in [-0.15, -0.1) is 22.7 Å². The Bertz CT molecular complexity index is 1340. The number of para-hydroxylation sites is 1. The summed E-state index contributed by atoms with van der Waals surface area (Å²) in [7, 11) is 1.48. The first kappa shape index (κ1) is 26.7. The standard InChI is InChI=1S/C28H31N3O5S2/c1-36-25-19-4-2-3-5-20(19)30-24(25)26(33)31-21(27(34)35)8-9-22(32)23-15-17-14-18(37-28(17)38-23)7-6-16-10-12-29-13-11-16/h2-5,14-16,21,25,29H,6-13H2,1H3,(H,31,33)(H,34,35)/t21-,25?/m0/s1. The maximum Gasteiger partial charge on any atom is 0.326 e. The van der Waals surface area contributed by atoms with Crippen LogP contribution in [-0.2, 0) is 20.7 Å². The second-order valence-electron chi connectivity index (χ2n) is 9.80. The minimum absolute atomic E-state index is 0.00910. The Morgan fingerprint density at radius 3 is 2.71 bits per heavy atom. The molecule has 2 atom stereocenters. The van der Waals surface area contributed by atoms with Crippen LogP contribution in [0.15, 0.2) is 41.4 Å². The van der Waals surface area contributed by atoms with Crippen LogP contribution in [0.4, 0.5) is 5.69 Å². The third-order valence-electron chi connectivity index (χ3n) is 7.24. The van der Waals surface area contributed by atoms with Crippen molar-refractivity contribution >= 4 is 61.1 Å². The molecule has 2 aliphatic rings. The Balaban J connectivity index is 1.16. The van der Waals surface area contributed by atoms with E-state index in [1.807, 2.05) is 24.3 Å². The average Bonchev–Trinajstić information content (AvgIpc) is 3.61. The molecule has 1 fully saturated rings. The third-order valence-corrected chi connectivity index (χ3v) is 9.73. The lowest BCUT2D eigenvalue weighted by Crippen LogP contribution is -2.45. The molecule has 0 aliphatic carbocycles. The van der Waals surface area contributed by atoms with E-state index in [1.54, 1.807) is 17.4 Å². The molecule has 38 heavy (non-hydrogen) atoms. The van der Waals surface area contributed by atoms with Crippen LogP contribution in [0, 0.1) is 5.92 Å². The van der Waals surface area contributed by atoms with E-state index < -0.39 is 24.0 Å². The molecule has 3 N–H and O–H groups in total. The SMILES string of the molecule is COC1C(C(=O)N[C@@H](CCC(=O)c2cc3cc(CCC4CCNCC4)sc3s2)C(=O)O)=Nc2ccccc21. The van der Waals surface area contributed by atoms with Crippen LogP contribution in [0.5, 0.6) is 0 Å². The molecule has 0 spiro atoms. The van der Waals surface area contributed by atoms with Gasteiger partial charge in [0, 0.05) is 29.4 Å². The first-order valence-electron chi connectivity index (χ1n) is 12.9. The number of aryl methyl sites for hydroxylation is 1. The van der Waals surface area contributed by atoms with E-state index in [0.717, 1.165) is 40.4 Å². The monoisotopic (exact) mass is 553 g/mol. The van der Waals surface area contributed by atoms with E-state index >= 15 is 0 Å². The molecule has 200 valence electrons. The third kappa shape index (κ3) is 5.88. The van der Waals surface area contributed by atoms with Crippen LogP contribution in [0.3, 0.4) is 0 Å². The summed E-state index contributed by atoms with van der Waals surface area (Å²) in [6.45, 7) is 2.22. The van der Waals surface area contributed by atoms with E-state index in [2.05, 4.69) is 21.7 Å². The molecular formula is C28H31N3O5S2. The molecule has 0 radical (unpaired) electrons. The molecule has 0 bridgehead atoms. The molecule has 2 aromatic heterocycles. The highest BCUT2D eigenvalue weighted by Gasteiger charge is 2.34. The molecule has 10 heteroatoms. The number of piperidine rings is 1. The van der Waals surface area contributed by atoms with Gasteiger partial charge in [-0.3, -0.25) is 9.59 Å². The maximum absolute atomic E-state index is 12.9. The number of benzene rings is 1. The Hall–Kier alpha value is -2.92. The number of ether oxygens (including phenoxy) is 1. The fourth-order valence-corrected chi connectivity index (χ4v) is 7.59. The van der Waals surface area contributed by atoms with Gasteiger partial charge in [-0.2, -0.15) is 0 Å². The van der Waals surface area contributed by atoms with Crippen molar-refractivity contribution in [2.24, 2.45) is 10.9 Å². The summed E-state index contributed by atoms with van der Waals surface area (Å²) in [6, 6.07) is 10.1. The molecule has 2 aliphatic heterocycles. The summed E-state index contributed by atoms with van der Waals surface area (Å²) < 4.78 is 6.58. The van der Waals surface area contributed by atoms with Crippen LogP contribution in [-0.4, -0.2) is 54.7 Å². The zero-order chi connectivity index (χ0) is 26.6. The summed E-state index contributed by atoms with van der Waals surface area (Å²) in [6.07, 6.45) is 4.10. The molecule has 1 amide bonds. The Morgan fingerprint density at radius 1 is 1.18 bits per heavy atom. The molecule has 0 saturated carbocycles. The molecule has 1 saturated heterocycles. The van der Waals surface area contributed by atoms with Gasteiger partial charge in [0.2, 0.25) is 0 Å². The smallest absolute Gasteiger partial charge is 0.326 e. The van der Waals surface area contributed by atoms with Gasteiger partial charge >= 0.3 is 5.97 Å². The van der Waals surface area contributed by atoms with Gasteiger partial charge < -0.3 is 20.5 Å². The zero-order valence-electron chi connectivity index (χ0n) is 21.2. The lowest BCUT2D eigenvalue weighted by atomic mass is 9.93. The summed E-state index contributed by atoms with van der Waals surface area (Å²) in [5.41, 5.74) is 1.49. The fourth-order valence-electron chi connectivity index (χ4n) is 5.11. The van der Waals surface area contributed by atoms with E-state index in [4.69, 9.17) is 4.74 Å². The minimum atomic E-state index is -1.21. The highest BCUT2D eigenvalue weighted by atomic mass is 32.2. The minimum Gasteiger partial charge on any atom is -0.480 e. The number of aliphatic imine (C=N–C) groups is 1. The number of nitrogens with zero attached hydrogens (tertiary/aromatic N) is 1. The van der Waals surface area contributed by atoms with Gasteiger partial charge in [0.15, 0.2) is 5.78 Å². The first-order valence-corrected chi connectivity index (χ1v) is 14.6. The van der Waals surface area contributed by atoms with Crippen LogP contribution in [0.2, 0.25) is 0 Å². The lowest BCUT2D eigenvalue weighted by molar-refractivity contribution is -0.141. The van der Waals surface area contributed by atoms with Crippen molar-refractivity contribution in [3.8, 4) is 0 Å². The number of hydrogen-bond acceptors (Lipinski definition) is 8. The summed E-state index contributed by atoms with van der Waals surface area (Å²) in [4.78, 5) is 44.0. The average molecular weight is 554 g/mol. The number of fused-ring (bicyclic) bond motifs is 2. The zero-order valence-corrected chi connectivity index (χ0v) is 22.8. The van der Waals surface area contributed by atoms with Crippen molar-refractivity contribution < 1.29 is 24.2 Å².